The van der Waals surface area contributed by atoms with Crippen LogP contribution in [0, 0.1) is 17.8 Å². The first-order valence-electron chi connectivity index (χ1n) is 6.94. The summed E-state index contributed by atoms with van der Waals surface area (Å²) >= 11 is 0. The van der Waals surface area contributed by atoms with Gasteiger partial charge in [0.1, 0.15) is 0 Å². The maximum absolute atomic E-state index is 12.0. The molecule has 2 aliphatic rings. The number of hydrogen-bond acceptors (Lipinski definition) is 1. The number of rotatable bonds is 3. The van der Waals surface area contributed by atoms with E-state index < -0.39 is 0 Å². The van der Waals surface area contributed by atoms with Crippen LogP contribution in [-0.4, -0.2) is 23.9 Å². The number of carbonyl (C=O) groups is 1. The van der Waals surface area contributed by atoms with E-state index in [0.717, 1.165) is 37.3 Å². The van der Waals surface area contributed by atoms with E-state index in [4.69, 9.17) is 0 Å². The van der Waals surface area contributed by atoms with Crippen LogP contribution >= 0.6 is 0 Å². The molecule has 1 heterocycles. The molecule has 2 rings (SSSR count). The standard InChI is InChI=1S/C14H25NO/c1-11(2)13-6-8-15(9-7-13)14(16)10-12-4-3-5-12/h11-13H,3-10H2,1-2H3. The summed E-state index contributed by atoms with van der Waals surface area (Å²) in [6, 6.07) is 0. The molecule has 0 aromatic carbocycles. The maximum atomic E-state index is 12.0. The molecule has 0 bridgehead atoms. The van der Waals surface area contributed by atoms with Crippen molar-refractivity contribution in [3.05, 3.63) is 0 Å². The highest BCUT2D eigenvalue weighted by atomic mass is 16.2. The molecular formula is C14H25NO. The van der Waals surface area contributed by atoms with Crippen LogP contribution in [0.5, 0.6) is 0 Å². The van der Waals surface area contributed by atoms with Crippen molar-refractivity contribution < 1.29 is 4.79 Å². The van der Waals surface area contributed by atoms with Gasteiger partial charge in [-0.2, -0.15) is 0 Å². The van der Waals surface area contributed by atoms with Gasteiger partial charge < -0.3 is 4.90 Å². The molecule has 1 aliphatic heterocycles. The lowest BCUT2D eigenvalue weighted by molar-refractivity contribution is -0.134. The zero-order valence-electron chi connectivity index (χ0n) is 10.7. The zero-order valence-corrected chi connectivity index (χ0v) is 10.7. The van der Waals surface area contributed by atoms with Crippen LogP contribution in [0.2, 0.25) is 0 Å². The molecule has 0 aromatic heterocycles. The fraction of sp³-hybridized carbons (Fsp3) is 0.929. The molecule has 16 heavy (non-hydrogen) atoms. The van der Waals surface area contributed by atoms with E-state index in [2.05, 4.69) is 18.7 Å². The monoisotopic (exact) mass is 223 g/mol. The molecule has 1 saturated heterocycles. The van der Waals surface area contributed by atoms with Gasteiger partial charge in [0.25, 0.3) is 0 Å². The van der Waals surface area contributed by atoms with Crippen molar-refractivity contribution in [2.75, 3.05) is 13.1 Å². The van der Waals surface area contributed by atoms with E-state index in [0.29, 0.717) is 5.91 Å². The first-order chi connectivity index (χ1) is 7.66. The van der Waals surface area contributed by atoms with E-state index in [1.807, 2.05) is 0 Å². The number of amides is 1. The zero-order chi connectivity index (χ0) is 11.5. The molecule has 1 aliphatic carbocycles. The van der Waals surface area contributed by atoms with Crippen LogP contribution in [0.25, 0.3) is 0 Å². The van der Waals surface area contributed by atoms with Crippen LogP contribution in [0.1, 0.15) is 52.4 Å². The Kier molecular flexibility index (Phi) is 3.88. The third kappa shape index (κ3) is 2.78. The van der Waals surface area contributed by atoms with Crippen LogP contribution in [-0.2, 0) is 4.79 Å². The molecule has 0 radical (unpaired) electrons. The Morgan fingerprint density at radius 3 is 2.25 bits per heavy atom. The van der Waals surface area contributed by atoms with Gasteiger partial charge in [0.2, 0.25) is 5.91 Å². The van der Waals surface area contributed by atoms with Gasteiger partial charge in [-0.3, -0.25) is 4.79 Å². The van der Waals surface area contributed by atoms with Crippen LogP contribution in [0.4, 0.5) is 0 Å². The van der Waals surface area contributed by atoms with Crippen molar-refractivity contribution in [3.63, 3.8) is 0 Å². The van der Waals surface area contributed by atoms with Gasteiger partial charge in [-0.1, -0.05) is 20.3 Å². The Hall–Kier alpha value is -0.530. The smallest absolute Gasteiger partial charge is 0.222 e. The molecule has 0 unspecified atom stereocenters. The Bertz CT molecular complexity index is 237. The molecule has 1 amide bonds. The first-order valence-corrected chi connectivity index (χ1v) is 6.94. The average molecular weight is 223 g/mol. The second-order valence-corrected chi connectivity index (χ2v) is 5.96. The molecule has 0 spiro atoms. The van der Waals surface area contributed by atoms with E-state index in [1.165, 1.54) is 32.1 Å². The molecule has 2 nitrogen and oxygen atoms in total. The predicted molar refractivity (Wildman–Crippen MR) is 66.1 cm³/mol. The Morgan fingerprint density at radius 1 is 1.19 bits per heavy atom. The van der Waals surface area contributed by atoms with E-state index in [-0.39, 0.29) is 0 Å². The summed E-state index contributed by atoms with van der Waals surface area (Å²) in [4.78, 5) is 14.1. The quantitative estimate of drug-likeness (QED) is 0.720. The molecule has 2 heteroatoms. The fourth-order valence-electron chi connectivity index (χ4n) is 2.89. The van der Waals surface area contributed by atoms with Crippen molar-refractivity contribution in [3.8, 4) is 0 Å². The van der Waals surface area contributed by atoms with E-state index in [9.17, 15) is 4.79 Å². The second kappa shape index (κ2) is 5.20. The molecule has 92 valence electrons. The molecular weight excluding hydrogens is 198 g/mol. The molecule has 0 N–H and O–H groups in total. The van der Waals surface area contributed by atoms with Gasteiger partial charge >= 0.3 is 0 Å². The Labute approximate surface area is 99.4 Å². The first kappa shape index (κ1) is 11.9. The average Bonchev–Trinajstić information content (AvgIpc) is 2.23. The normalized spacial score (nSPS) is 23.6. The highest BCUT2D eigenvalue weighted by molar-refractivity contribution is 5.76. The number of carbonyl (C=O) groups excluding carboxylic acids is 1. The van der Waals surface area contributed by atoms with Crippen LogP contribution in [0.15, 0.2) is 0 Å². The van der Waals surface area contributed by atoms with Crippen LogP contribution in [0.3, 0.4) is 0 Å². The Morgan fingerprint density at radius 2 is 1.81 bits per heavy atom. The molecule has 1 saturated carbocycles. The SMILES string of the molecule is CC(C)C1CCN(C(=O)CC2CCC2)CC1. The highest BCUT2D eigenvalue weighted by Gasteiger charge is 2.27. The molecule has 0 aromatic rings. The van der Waals surface area contributed by atoms with Gasteiger partial charge in [0, 0.05) is 19.5 Å². The summed E-state index contributed by atoms with van der Waals surface area (Å²) in [5.41, 5.74) is 0. The second-order valence-electron chi connectivity index (χ2n) is 5.96. The molecule has 2 fully saturated rings. The minimum atomic E-state index is 0.423. The van der Waals surface area contributed by atoms with E-state index in [1.54, 1.807) is 0 Å². The lowest BCUT2D eigenvalue weighted by atomic mass is 9.82. The summed E-state index contributed by atoms with van der Waals surface area (Å²) in [5, 5.41) is 0. The lowest BCUT2D eigenvalue weighted by Gasteiger charge is -2.35. The van der Waals surface area contributed by atoms with Gasteiger partial charge in [0.05, 0.1) is 0 Å². The molecule has 0 atom stereocenters. The fourth-order valence-corrected chi connectivity index (χ4v) is 2.89. The number of nitrogens with zero attached hydrogens (tertiary/aromatic N) is 1. The van der Waals surface area contributed by atoms with Gasteiger partial charge in [-0.25, -0.2) is 0 Å². The number of likely N-dealkylation sites (tertiary alicyclic amines) is 1. The summed E-state index contributed by atoms with van der Waals surface area (Å²) in [6.45, 7) is 6.62. The lowest BCUT2D eigenvalue weighted by Crippen LogP contribution is -2.40. The van der Waals surface area contributed by atoms with Gasteiger partial charge in [-0.05, 0) is 43.4 Å². The summed E-state index contributed by atoms with van der Waals surface area (Å²) < 4.78 is 0. The minimum Gasteiger partial charge on any atom is -0.343 e. The van der Waals surface area contributed by atoms with Crippen LogP contribution < -0.4 is 0 Å². The van der Waals surface area contributed by atoms with Crippen molar-refractivity contribution in [1.82, 2.24) is 4.90 Å². The summed E-state index contributed by atoms with van der Waals surface area (Å²) in [6.07, 6.45) is 7.17. The third-order valence-electron chi connectivity index (χ3n) is 4.52. The van der Waals surface area contributed by atoms with Gasteiger partial charge in [0.15, 0.2) is 0 Å². The van der Waals surface area contributed by atoms with Crippen molar-refractivity contribution in [2.45, 2.75) is 52.4 Å². The topological polar surface area (TPSA) is 20.3 Å². The summed E-state index contributed by atoms with van der Waals surface area (Å²) in [5.74, 6) is 2.76. The number of hydrogen-bond donors (Lipinski definition) is 0. The van der Waals surface area contributed by atoms with E-state index >= 15 is 0 Å². The maximum Gasteiger partial charge on any atom is 0.222 e. The predicted octanol–water partition coefficient (Wildman–Crippen LogP) is 3.07. The largest absolute Gasteiger partial charge is 0.343 e. The van der Waals surface area contributed by atoms with Crippen molar-refractivity contribution in [2.24, 2.45) is 17.8 Å². The third-order valence-corrected chi connectivity index (χ3v) is 4.52. The summed E-state index contributed by atoms with van der Waals surface area (Å²) in [7, 11) is 0. The van der Waals surface area contributed by atoms with Gasteiger partial charge in [-0.15, -0.1) is 0 Å². The van der Waals surface area contributed by atoms with Crippen molar-refractivity contribution >= 4 is 5.91 Å². The Balaban J connectivity index is 1.72. The minimum absolute atomic E-state index is 0.423. The van der Waals surface area contributed by atoms with Crippen molar-refractivity contribution in [1.29, 1.82) is 0 Å². The highest BCUT2D eigenvalue weighted by Crippen LogP contribution is 2.31. The number of piperidine rings is 1.